The summed E-state index contributed by atoms with van der Waals surface area (Å²) in [6.07, 6.45) is 5.10. The second-order valence-electron chi connectivity index (χ2n) is 5.27. The minimum absolute atomic E-state index is 0.588. The first-order chi connectivity index (χ1) is 10.6. The average Bonchev–Trinajstić information content (AvgIpc) is 2.99. The third kappa shape index (κ3) is 2.37. The second kappa shape index (κ2) is 5.57. The number of aryl methyl sites for hydroxylation is 2. The van der Waals surface area contributed by atoms with Crippen LogP contribution in [0, 0.1) is 0 Å². The zero-order valence-corrected chi connectivity index (χ0v) is 14.5. The maximum atomic E-state index is 6.37. The lowest BCUT2D eigenvalue weighted by atomic mass is 10.1. The molecule has 0 spiro atoms. The number of hydrogen-bond acceptors (Lipinski definition) is 2. The molecular weight excluding hydrogens is 359 g/mol. The highest BCUT2D eigenvalue weighted by molar-refractivity contribution is 7.16. The molecule has 4 rings (SSSR count). The van der Waals surface area contributed by atoms with E-state index in [1.54, 1.807) is 17.4 Å². The molecule has 0 aliphatic heterocycles. The van der Waals surface area contributed by atoms with E-state index in [0.29, 0.717) is 10.0 Å². The molecule has 0 saturated carbocycles. The first kappa shape index (κ1) is 14.6. The van der Waals surface area contributed by atoms with E-state index < -0.39 is 0 Å². The van der Waals surface area contributed by atoms with Crippen molar-refractivity contribution >= 4 is 46.1 Å². The highest BCUT2D eigenvalue weighted by Crippen LogP contribution is 2.41. The van der Waals surface area contributed by atoms with E-state index in [2.05, 4.69) is 5.10 Å². The molecule has 112 valence electrons. The molecule has 6 heteroatoms. The Labute approximate surface area is 147 Å². The normalized spacial score (nSPS) is 13.6. The molecule has 2 nitrogen and oxygen atoms in total. The van der Waals surface area contributed by atoms with Gasteiger partial charge in [0, 0.05) is 15.5 Å². The van der Waals surface area contributed by atoms with Crippen molar-refractivity contribution in [2.75, 3.05) is 0 Å². The maximum absolute atomic E-state index is 6.37. The summed E-state index contributed by atoms with van der Waals surface area (Å²) in [5.41, 5.74) is 4.34. The van der Waals surface area contributed by atoms with Crippen LogP contribution in [-0.2, 0) is 12.8 Å². The zero-order valence-electron chi connectivity index (χ0n) is 11.4. The molecule has 0 fully saturated rings. The standard InChI is InChI=1S/C16H11Cl3N2S/c17-10-4-5-13(12(18)6-10)21-16-9(8-20-21)2-1-3-14-11(16)7-15(19)22-14/h4-8H,1-3H2. The van der Waals surface area contributed by atoms with Crippen LogP contribution in [0.3, 0.4) is 0 Å². The molecule has 3 aromatic rings. The highest BCUT2D eigenvalue weighted by Gasteiger charge is 2.23. The number of halogens is 3. The number of aromatic nitrogens is 2. The molecule has 2 aromatic heterocycles. The van der Waals surface area contributed by atoms with Gasteiger partial charge in [-0.15, -0.1) is 11.3 Å². The van der Waals surface area contributed by atoms with E-state index >= 15 is 0 Å². The van der Waals surface area contributed by atoms with Gasteiger partial charge in [-0.1, -0.05) is 34.8 Å². The molecule has 2 heterocycles. The lowest BCUT2D eigenvalue weighted by molar-refractivity contribution is 0.843. The van der Waals surface area contributed by atoms with Crippen molar-refractivity contribution in [1.29, 1.82) is 0 Å². The van der Waals surface area contributed by atoms with Crippen LogP contribution in [0.15, 0.2) is 30.5 Å². The summed E-state index contributed by atoms with van der Waals surface area (Å²) in [5.74, 6) is 0. The molecule has 1 aliphatic rings. The van der Waals surface area contributed by atoms with Crippen LogP contribution >= 0.6 is 46.1 Å². The maximum Gasteiger partial charge on any atom is 0.0938 e. The Morgan fingerprint density at radius 3 is 2.77 bits per heavy atom. The predicted molar refractivity (Wildman–Crippen MR) is 93.9 cm³/mol. The molecule has 0 atom stereocenters. The fourth-order valence-corrected chi connectivity index (χ4v) is 4.71. The lowest BCUT2D eigenvalue weighted by Crippen LogP contribution is -2.00. The largest absolute Gasteiger partial charge is 0.231 e. The predicted octanol–water partition coefficient (Wildman–Crippen LogP) is 6.05. The second-order valence-corrected chi connectivity index (χ2v) is 7.88. The Morgan fingerprint density at radius 2 is 1.95 bits per heavy atom. The number of nitrogens with zero attached hydrogens (tertiary/aromatic N) is 2. The van der Waals surface area contributed by atoms with Gasteiger partial charge in [-0.3, -0.25) is 0 Å². The molecule has 0 radical (unpaired) electrons. The SMILES string of the molecule is Clc1ccc(-n2ncc3c2-c2cc(Cl)sc2CCC3)c(Cl)c1. The quantitative estimate of drug-likeness (QED) is 0.510. The van der Waals surface area contributed by atoms with Gasteiger partial charge in [0.1, 0.15) is 0 Å². The Kier molecular flexibility index (Phi) is 3.69. The van der Waals surface area contributed by atoms with Crippen LogP contribution in [0.1, 0.15) is 16.9 Å². The van der Waals surface area contributed by atoms with Crippen LogP contribution in [0.25, 0.3) is 16.9 Å². The van der Waals surface area contributed by atoms with Crippen LogP contribution in [0.4, 0.5) is 0 Å². The number of hydrogen-bond donors (Lipinski definition) is 0. The third-order valence-corrected chi connectivity index (χ3v) is 5.73. The Bertz CT molecular complexity index is 866. The molecule has 0 bridgehead atoms. The molecule has 0 saturated heterocycles. The lowest BCUT2D eigenvalue weighted by Gasteiger charge is -2.10. The van der Waals surface area contributed by atoms with Gasteiger partial charge in [0.25, 0.3) is 0 Å². The molecule has 1 aromatic carbocycles. The molecular formula is C16H11Cl3N2S. The van der Waals surface area contributed by atoms with Crippen molar-refractivity contribution in [3.05, 3.63) is 55.3 Å². The van der Waals surface area contributed by atoms with E-state index in [4.69, 9.17) is 34.8 Å². The van der Waals surface area contributed by atoms with E-state index in [-0.39, 0.29) is 0 Å². The Morgan fingerprint density at radius 1 is 1.09 bits per heavy atom. The third-order valence-electron chi connectivity index (χ3n) is 3.87. The molecule has 0 N–H and O–H groups in total. The monoisotopic (exact) mass is 368 g/mol. The van der Waals surface area contributed by atoms with Crippen molar-refractivity contribution in [1.82, 2.24) is 9.78 Å². The van der Waals surface area contributed by atoms with Crippen LogP contribution in [0.2, 0.25) is 14.4 Å². The van der Waals surface area contributed by atoms with Gasteiger partial charge < -0.3 is 0 Å². The minimum Gasteiger partial charge on any atom is -0.231 e. The van der Waals surface area contributed by atoms with Crippen molar-refractivity contribution in [3.8, 4) is 16.9 Å². The zero-order chi connectivity index (χ0) is 15.3. The van der Waals surface area contributed by atoms with Crippen LogP contribution < -0.4 is 0 Å². The van der Waals surface area contributed by atoms with Crippen molar-refractivity contribution < 1.29 is 0 Å². The number of rotatable bonds is 1. The van der Waals surface area contributed by atoms with Gasteiger partial charge in [0.15, 0.2) is 0 Å². The first-order valence-corrected chi connectivity index (χ1v) is 8.89. The molecule has 0 unspecified atom stereocenters. The van der Waals surface area contributed by atoms with E-state index in [1.165, 1.54) is 16.0 Å². The number of fused-ring (bicyclic) bond motifs is 3. The fraction of sp³-hybridized carbons (Fsp3) is 0.188. The molecule has 0 amide bonds. The van der Waals surface area contributed by atoms with E-state index in [0.717, 1.165) is 35.0 Å². The average molecular weight is 370 g/mol. The summed E-state index contributed by atoms with van der Waals surface area (Å²) >= 11 is 20.3. The number of thiophene rings is 1. The Hall–Kier alpha value is -1.000. The first-order valence-electron chi connectivity index (χ1n) is 6.94. The topological polar surface area (TPSA) is 17.8 Å². The van der Waals surface area contributed by atoms with Crippen LogP contribution in [-0.4, -0.2) is 9.78 Å². The van der Waals surface area contributed by atoms with Gasteiger partial charge in [0.2, 0.25) is 0 Å². The molecule has 1 aliphatic carbocycles. The highest BCUT2D eigenvalue weighted by atomic mass is 35.5. The minimum atomic E-state index is 0.588. The molecule has 22 heavy (non-hydrogen) atoms. The summed E-state index contributed by atoms with van der Waals surface area (Å²) in [4.78, 5) is 1.32. The summed E-state index contributed by atoms with van der Waals surface area (Å²) < 4.78 is 2.72. The van der Waals surface area contributed by atoms with Crippen molar-refractivity contribution in [2.45, 2.75) is 19.3 Å². The van der Waals surface area contributed by atoms with Gasteiger partial charge in [0.05, 0.1) is 26.9 Å². The van der Waals surface area contributed by atoms with Crippen molar-refractivity contribution in [2.24, 2.45) is 0 Å². The van der Waals surface area contributed by atoms with E-state index in [9.17, 15) is 0 Å². The summed E-state index contributed by atoms with van der Waals surface area (Å²) in [7, 11) is 0. The van der Waals surface area contributed by atoms with Crippen LogP contribution in [0.5, 0.6) is 0 Å². The van der Waals surface area contributed by atoms with Gasteiger partial charge in [-0.2, -0.15) is 5.10 Å². The van der Waals surface area contributed by atoms with Gasteiger partial charge >= 0.3 is 0 Å². The van der Waals surface area contributed by atoms with Crippen molar-refractivity contribution in [3.63, 3.8) is 0 Å². The van der Waals surface area contributed by atoms with Gasteiger partial charge in [-0.05, 0) is 49.1 Å². The summed E-state index contributed by atoms with van der Waals surface area (Å²) in [6, 6.07) is 7.50. The number of benzene rings is 1. The summed E-state index contributed by atoms with van der Waals surface area (Å²) in [5, 5.41) is 5.76. The fourth-order valence-electron chi connectivity index (χ4n) is 2.91. The summed E-state index contributed by atoms with van der Waals surface area (Å²) in [6.45, 7) is 0. The Balaban J connectivity index is 1.97. The van der Waals surface area contributed by atoms with E-state index in [1.807, 2.05) is 29.1 Å². The van der Waals surface area contributed by atoms with Gasteiger partial charge in [-0.25, -0.2) is 4.68 Å². The smallest absolute Gasteiger partial charge is 0.0938 e.